The predicted molar refractivity (Wildman–Crippen MR) is 116 cm³/mol. The minimum Gasteiger partial charge on any atom is -0.460 e. The second-order valence-electron chi connectivity index (χ2n) is 7.94. The Kier molecular flexibility index (Phi) is 5.60. The SMILES string of the molecule is Cc1ccc(-c2nc(NC(=O)N3CCC(O)C3)ncc2-c2ccc(=O)n(C(C)C)c2)o1. The molecule has 3 aromatic heterocycles. The fraction of sp³-hybridized carbons (Fsp3) is 0.364. The van der Waals surface area contributed by atoms with E-state index in [1.807, 2.05) is 32.9 Å². The molecule has 1 fully saturated rings. The quantitative estimate of drug-likeness (QED) is 0.667. The normalized spacial score (nSPS) is 16.2. The van der Waals surface area contributed by atoms with Crippen LogP contribution in [-0.4, -0.2) is 49.8 Å². The number of carbonyl (C=O) groups excluding carboxylic acids is 1. The first kappa shape index (κ1) is 20.8. The van der Waals surface area contributed by atoms with Gasteiger partial charge in [-0.05, 0) is 45.4 Å². The van der Waals surface area contributed by atoms with Gasteiger partial charge in [-0.3, -0.25) is 10.1 Å². The summed E-state index contributed by atoms with van der Waals surface area (Å²) < 4.78 is 7.43. The van der Waals surface area contributed by atoms with Gasteiger partial charge in [-0.2, -0.15) is 0 Å². The molecule has 1 unspecified atom stereocenters. The van der Waals surface area contributed by atoms with Gasteiger partial charge >= 0.3 is 6.03 Å². The van der Waals surface area contributed by atoms with Crippen LogP contribution >= 0.6 is 0 Å². The monoisotopic (exact) mass is 423 g/mol. The molecule has 0 saturated carbocycles. The number of nitrogens with one attached hydrogen (secondary N) is 1. The van der Waals surface area contributed by atoms with E-state index >= 15 is 0 Å². The average molecular weight is 423 g/mol. The number of β-amino-alcohol motifs (C(OH)–C–C–N with tert-alkyl or cyclic N) is 1. The topological polar surface area (TPSA) is 113 Å². The maximum absolute atomic E-state index is 12.5. The molecule has 0 spiro atoms. The Morgan fingerprint density at radius 1 is 1.29 bits per heavy atom. The van der Waals surface area contributed by atoms with E-state index in [0.29, 0.717) is 30.0 Å². The standard InChI is InChI=1S/C22H25N5O4/c1-13(2)27-11-15(5-7-19(27)29)17-10-23-21(24-20(17)18-6-4-14(3)31-18)25-22(30)26-9-8-16(28)12-26/h4-7,10-11,13,16,28H,8-9,12H2,1-3H3,(H,23,24,25,30). The molecule has 0 radical (unpaired) electrons. The van der Waals surface area contributed by atoms with Crippen LogP contribution in [0, 0.1) is 6.92 Å². The molecule has 0 aromatic carbocycles. The summed E-state index contributed by atoms with van der Waals surface area (Å²) in [6.07, 6.45) is 3.43. The fourth-order valence-corrected chi connectivity index (χ4v) is 3.57. The highest BCUT2D eigenvalue weighted by Crippen LogP contribution is 2.32. The van der Waals surface area contributed by atoms with Crippen LogP contribution in [0.4, 0.5) is 10.7 Å². The number of aryl methyl sites for hydroxylation is 1. The molecule has 2 N–H and O–H groups in total. The summed E-state index contributed by atoms with van der Waals surface area (Å²) in [5.41, 5.74) is 1.86. The first-order valence-corrected chi connectivity index (χ1v) is 10.2. The van der Waals surface area contributed by atoms with Gasteiger partial charge in [-0.1, -0.05) is 0 Å². The van der Waals surface area contributed by atoms with Crippen molar-refractivity contribution < 1.29 is 14.3 Å². The highest BCUT2D eigenvalue weighted by molar-refractivity contribution is 5.88. The summed E-state index contributed by atoms with van der Waals surface area (Å²) in [6, 6.07) is 6.52. The van der Waals surface area contributed by atoms with Crippen molar-refractivity contribution in [3.05, 3.63) is 52.8 Å². The predicted octanol–water partition coefficient (Wildman–Crippen LogP) is 3.05. The van der Waals surface area contributed by atoms with Crippen molar-refractivity contribution in [1.29, 1.82) is 0 Å². The van der Waals surface area contributed by atoms with Crippen molar-refractivity contribution in [2.24, 2.45) is 0 Å². The molecule has 1 aliphatic heterocycles. The van der Waals surface area contributed by atoms with Crippen molar-refractivity contribution in [3.8, 4) is 22.6 Å². The molecule has 0 aliphatic carbocycles. The van der Waals surface area contributed by atoms with Gasteiger partial charge < -0.3 is 19.0 Å². The lowest BCUT2D eigenvalue weighted by Crippen LogP contribution is -2.34. The lowest BCUT2D eigenvalue weighted by molar-refractivity contribution is 0.176. The third-order valence-corrected chi connectivity index (χ3v) is 5.24. The van der Waals surface area contributed by atoms with Crippen molar-refractivity contribution in [3.63, 3.8) is 0 Å². The van der Waals surface area contributed by atoms with E-state index in [1.54, 1.807) is 23.0 Å². The molecular weight excluding hydrogens is 398 g/mol. The van der Waals surface area contributed by atoms with Crippen LogP contribution in [0.5, 0.6) is 0 Å². The number of pyridine rings is 1. The van der Waals surface area contributed by atoms with Crippen LogP contribution in [0.25, 0.3) is 22.6 Å². The van der Waals surface area contributed by atoms with Gasteiger partial charge in [0.25, 0.3) is 5.56 Å². The van der Waals surface area contributed by atoms with Gasteiger partial charge in [0.2, 0.25) is 5.95 Å². The van der Waals surface area contributed by atoms with Gasteiger partial charge in [0, 0.05) is 48.7 Å². The third-order valence-electron chi connectivity index (χ3n) is 5.24. The van der Waals surface area contributed by atoms with Gasteiger partial charge in [0.15, 0.2) is 5.76 Å². The number of anilines is 1. The van der Waals surface area contributed by atoms with E-state index in [9.17, 15) is 14.7 Å². The second-order valence-corrected chi connectivity index (χ2v) is 7.94. The zero-order valence-electron chi connectivity index (χ0n) is 17.7. The molecule has 1 atom stereocenters. The van der Waals surface area contributed by atoms with E-state index < -0.39 is 6.10 Å². The summed E-state index contributed by atoms with van der Waals surface area (Å²) in [4.78, 5) is 35.0. The Morgan fingerprint density at radius 2 is 2.10 bits per heavy atom. The molecule has 4 heterocycles. The van der Waals surface area contributed by atoms with Gasteiger partial charge in [-0.25, -0.2) is 14.8 Å². The van der Waals surface area contributed by atoms with E-state index in [2.05, 4.69) is 15.3 Å². The largest absolute Gasteiger partial charge is 0.460 e. The number of nitrogens with zero attached hydrogens (tertiary/aromatic N) is 4. The van der Waals surface area contributed by atoms with Crippen LogP contribution in [0.1, 0.15) is 32.1 Å². The van der Waals surface area contributed by atoms with Crippen LogP contribution in [0.15, 0.2) is 45.9 Å². The number of likely N-dealkylation sites (tertiary alicyclic amines) is 1. The number of amides is 2. The Balaban J connectivity index is 1.73. The number of carbonyl (C=O) groups is 1. The highest BCUT2D eigenvalue weighted by Gasteiger charge is 2.25. The highest BCUT2D eigenvalue weighted by atomic mass is 16.3. The Hall–Kier alpha value is -3.46. The van der Waals surface area contributed by atoms with Crippen LogP contribution < -0.4 is 10.9 Å². The maximum atomic E-state index is 12.5. The molecule has 1 aliphatic rings. The van der Waals surface area contributed by atoms with Crippen molar-refractivity contribution in [1.82, 2.24) is 19.4 Å². The van der Waals surface area contributed by atoms with Gasteiger partial charge in [0.1, 0.15) is 11.5 Å². The molecule has 31 heavy (non-hydrogen) atoms. The van der Waals surface area contributed by atoms with Gasteiger partial charge in [-0.15, -0.1) is 0 Å². The molecular formula is C22H25N5O4. The van der Waals surface area contributed by atoms with Crippen LogP contribution in [0.3, 0.4) is 0 Å². The molecule has 3 aromatic rings. The molecule has 9 nitrogen and oxygen atoms in total. The molecule has 4 rings (SSSR count). The number of furan rings is 1. The lowest BCUT2D eigenvalue weighted by Gasteiger charge is -2.17. The summed E-state index contributed by atoms with van der Waals surface area (Å²) in [6.45, 7) is 6.47. The summed E-state index contributed by atoms with van der Waals surface area (Å²) in [5, 5.41) is 12.4. The van der Waals surface area contributed by atoms with Crippen molar-refractivity contribution in [2.75, 3.05) is 18.4 Å². The van der Waals surface area contributed by atoms with E-state index in [0.717, 1.165) is 11.3 Å². The van der Waals surface area contributed by atoms with E-state index in [-0.39, 0.29) is 30.1 Å². The molecule has 0 bridgehead atoms. The van der Waals surface area contributed by atoms with E-state index in [4.69, 9.17) is 4.42 Å². The number of hydrogen-bond donors (Lipinski definition) is 2. The summed E-state index contributed by atoms with van der Waals surface area (Å²) in [7, 11) is 0. The summed E-state index contributed by atoms with van der Waals surface area (Å²) in [5.74, 6) is 1.39. The lowest BCUT2D eigenvalue weighted by atomic mass is 10.1. The first-order valence-electron chi connectivity index (χ1n) is 10.2. The third kappa shape index (κ3) is 4.36. The minimum atomic E-state index is -0.507. The minimum absolute atomic E-state index is 0.00273. The number of hydrogen-bond acceptors (Lipinski definition) is 6. The molecule has 162 valence electrons. The first-order chi connectivity index (χ1) is 14.8. The van der Waals surface area contributed by atoms with Crippen molar-refractivity contribution >= 4 is 12.0 Å². The summed E-state index contributed by atoms with van der Waals surface area (Å²) >= 11 is 0. The Bertz CT molecular complexity index is 1170. The average Bonchev–Trinajstić information content (AvgIpc) is 3.36. The van der Waals surface area contributed by atoms with Crippen LogP contribution in [-0.2, 0) is 0 Å². The number of aromatic nitrogens is 3. The van der Waals surface area contributed by atoms with E-state index in [1.165, 1.54) is 11.0 Å². The Morgan fingerprint density at radius 3 is 2.74 bits per heavy atom. The number of urea groups is 1. The number of aliphatic hydroxyl groups is 1. The maximum Gasteiger partial charge on any atom is 0.324 e. The zero-order chi connectivity index (χ0) is 22.1. The zero-order valence-corrected chi connectivity index (χ0v) is 17.7. The van der Waals surface area contributed by atoms with Gasteiger partial charge in [0.05, 0.1) is 6.10 Å². The fourth-order valence-electron chi connectivity index (χ4n) is 3.57. The molecule has 9 heteroatoms. The molecule has 1 saturated heterocycles. The Labute approximate surface area is 179 Å². The van der Waals surface area contributed by atoms with Crippen molar-refractivity contribution in [2.45, 2.75) is 39.3 Å². The number of rotatable bonds is 4. The molecule has 2 amide bonds. The second kappa shape index (κ2) is 8.35. The smallest absolute Gasteiger partial charge is 0.324 e. The number of aliphatic hydroxyl groups excluding tert-OH is 1. The van der Waals surface area contributed by atoms with Crippen LogP contribution in [0.2, 0.25) is 0 Å².